The van der Waals surface area contributed by atoms with Gasteiger partial charge in [-0.3, -0.25) is 4.79 Å². The number of carbonyl (C=O) groups excluding carboxylic acids is 1. The number of aryl methyl sites for hydroxylation is 2. The van der Waals surface area contributed by atoms with E-state index in [9.17, 15) is 18.0 Å². The summed E-state index contributed by atoms with van der Waals surface area (Å²) in [6, 6.07) is 10.1. The van der Waals surface area contributed by atoms with Gasteiger partial charge in [0.1, 0.15) is 0 Å². The van der Waals surface area contributed by atoms with E-state index in [1.807, 2.05) is 12.1 Å². The highest BCUT2D eigenvalue weighted by atomic mass is 19.4. The molecule has 1 aliphatic carbocycles. The molecule has 5 heteroatoms. The van der Waals surface area contributed by atoms with E-state index < -0.39 is 11.7 Å². The third kappa shape index (κ3) is 3.55. The number of fused-ring (bicyclic) bond motifs is 1. The van der Waals surface area contributed by atoms with E-state index in [1.54, 1.807) is 6.07 Å². The Morgan fingerprint density at radius 1 is 0.913 bits per heavy atom. The average molecular weight is 319 g/mol. The van der Waals surface area contributed by atoms with Crippen LogP contribution in [0, 0.1) is 0 Å². The van der Waals surface area contributed by atoms with E-state index in [2.05, 4.69) is 5.32 Å². The van der Waals surface area contributed by atoms with E-state index >= 15 is 0 Å². The molecule has 0 fully saturated rings. The van der Waals surface area contributed by atoms with Crippen molar-refractivity contribution in [3.8, 4) is 0 Å². The lowest BCUT2D eigenvalue weighted by molar-refractivity contribution is -0.137. The number of hydrogen-bond donors (Lipinski definition) is 1. The van der Waals surface area contributed by atoms with Crippen LogP contribution in [0.2, 0.25) is 0 Å². The molecule has 0 saturated heterocycles. The van der Waals surface area contributed by atoms with Crippen molar-refractivity contribution in [2.24, 2.45) is 0 Å². The zero-order chi connectivity index (χ0) is 16.4. The molecule has 1 aliphatic rings. The summed E-state index contributed by atoms with van der Waals surface area (Å²) in [5.74, 6) is -0.307. The number of amides is 1. The van der Waals surface area contributed by atoms with Gasteiger partial charge in [-0.2, -0.15) is 13.2 Å². The molecule has 23 heavy (non-hydrogen) atoms. The fourth-order valence-electron chi connectivity index (χ4n) is 2.82. The van der Waals surface area contributed by atoms with Gasteiger partial charge in [-0.15, -0.1) is 0 Å². The Bertz CT molecular complexity index is 720. The number of halogens is 3. The lowest BCUT2D eigenvalue weighted by atomic mass is 9.90. The molecule has 3 rings (SSSR count). The van der Waals surface area contributed by atoms with Crippen molar-refractivity contribution < 1.29 is 18.0 Å². The van der Waals surface area contributed by atoms with Gasteiger partial charge in [0.25, 0.3) is 5.91 Å². The van der Waals surface area contributed by atoms with Gasteiger partial charge in [0.2, 0.25) is 0 Å². The quantitative estimate of drug-likeness (QED) is 0.843. The molecular formula is C18H16F3NO. The maximum atomic E-state index is 12.5. The molecule has 1 amide bonds. The molecule has 2 nitrogen and oxygen atoms in total. The molecule has 0 saturated carbocycles. The van der Waals surface area contributed by atoms with Crippen LogP contribution in [0.3, 0.4) is 0 Å². The van der Waals surface area contributed by atoms with Crippen LogP contribution in [-0.4, -0.2) is 5.91 Å². The molecule has 2 aromatic carbocycles. The summed E-state index contributed by atoms with van der Waals surface area (Å²) in [6.45, 7) is 0. The minimum absolute atomic E-state index is 0.307. The number of carbonyl (C=O) groups is 1. The summed E-state index contributed by atoms with van der Waals surface area (Å²) < 4.78 is 37.6. The van der Waals surface area contributed by atoms with Crippen LogP contribution in [0.25, 0.3) is 0 Å². The SMILES string of the molecule is O=C(Nc1ccc(C(F)(F)F)cc1)c1ccc2c(c1)CCCC2. The van der Waals surface area contributed by atoms with Gasteiger partial charge in [-0.25, -0.2) is 0 Å². The maximum Gasteiger partial charge on any atom is 0.416 e. The third-order valence-corrected chi connectivity index (χ3v) is 4.08. The lowest BCUT2D eigenvalue weighted by Crippen LogP contribution is -2.14. The molecule has 0 aliphatic heterocycles. The topological polar surface area (TPSA) is 29.1 Å². The van der Waals surface area contributed by atoms with Crippen molar-refractivity contribution in [3.63, 3.8) is 0 Å². The van der Waals surface area contributed by atoms with Crippen LogP contribution in [0.4, 0.5) is 18.9 Å². The first-order chi connectivity index (χ1) is 10.9. The summed E-state index contributed by atoms with van der Waals surface area (Å²) in [7, 11) is 0. The molecule has 120 valence electrons. The minimum atomic E-state index is -4.37. The first kappa shape index (κ1) is 15.6. The monoisotopic (exact) mass is 319 g/mol. The third-order valence-electron chi connectivity index (χ3n) is 4.08. The van der Waals surface area contributed by atoms with Crippen molar-refractivity contribution in [1.29, 1.82) is 0 Å². The second-order valence-electron chi connectivity index (χ2n) is 5.72. The Balaban J connectivity index is 1.74. The Kier molecular flexibility index (Phi) is 4.11. The number of nitrogens with one attached hydrogen (secondary N) is 1. The van der Waals surface area contributed by atoms with E-state index in [-0.39, 0.29) is 5.91 Å². The van der Waals surface area contributed by atoms with Gasteiger partial charge >= 0.3 is 6.18 Å². The molecule has 2 aromatic rings. The Morgan fingerprint density at radius 2 is 1.57 bits per heavy atom. The van der Waals surface area contributed by atoms with Gasteiger partial charge < -0.3 is 5.32 Å². The average Bonchev–Trinajstić information content (AvgIpc) is 2.54. The van der Waals surface area contributed by atoms with Gasteiger partial charge in [-0.1, -0.05) is 6.07 Å². The van der Waals surface area contributed by atoms with Gasteiger partial charge in [0, 0.05) is 11.3 Å². The molecule has 0 bridgehead atoms. The van der Waals surface area contributed by atoms with Crippen LogP contribution in [0.15, 0.2) is 42.5 Å². The summed E-state index contributed by atoms with van der Waals surface area (Å²) in [5.41, 5.74) is 2.62. The van der Waals surface area contributed by atoms with Crippen molar-refractivity contribution in [2.75, 3.05) is 5.32 Å². The van der Waals surface area contributed by atoms with Crippen LogP contribution in [-0.2, 0) is 19.0 Å². The fraction of sp³-hybridized carbons (Fsp3) is 0.278. The zero-order valence-corrected chi connectivity index (χ0v) is 12.4. The number of benzene rings is 2. The van der Waals surface area contributed by atoms with E-state index in [0.29, 0.717) is 11.3 Å². The molecule has 0 aromatic heterocycles. The summed E-state index contributed by atoms with van der Waals surface area (Å²) >= 11 is 0. The van der Waals surface area contributed by atoms with Gasteiger partial charge in [-0.05, 0) is 73.2 Å². The fourth-order valence-corrected chi connectivity index (χ4v) is 2.82. The molecule has 0 spiro atoms. The van der Waals surface area contributed by atoms with Crippen molar-refractivity contribution in [2.45, 2.75) is 31.9 Å². The predicted octanol–water partition coefficient (Wildman–Crippen LogP) is 4.84. The summed E-state index contributed by atoms with van der Waals surface area (Å²) in [5, 5.41) is 2.64. The van der Waals surface area contributed by atoms with Crippen molar-refractivity contribution in [3.05, 3.63) is 64.7 Å². The second kappa shape index (κ2) is 6.07. The predicted molar refractivity (Wildman–Crippen MR) is 82.5 cm³/mol. The highest BCUT2D eigenvalue weighted by Crippen LogP contribution is 2.30. The largest absolute Gasteiger partial charge is 0.416 e. The molecule has 1 N–H and O–H groups in total. The van der Waals surface area contributed by atoms with Crippen LogP contribution < -0.4 is 5.32 Å². The van der Waals surface area contributed by atoms with E-state index in [1.165, 1.54) is 29.7 Å². The van der Waals surface area contributed by atoms with Crippen molar-refractivity contribution >= 4 is 11.6 Å². The van der Waals surface area contributed by atoms with Crippen LogP contribution in [0.5, 0.6) is 0 Å². The highest BCUT2D eigenvalue weighted by Gasteiger charge is 2.30. The van der Waals surface area contributed by atoms with E-state index in [4.69, 9.17) is 0 Å². The maximum absolute atomic E-state index is 12.5. The van der Waals surface area contributed by atoms with Crippen LogP contribution in [0.1, 0.15) is 39.9 Å². The first-order valence-electron chi connectivity index (χ1n) is 7.54. The summed E-state index contributed by atoms with van der Waals surface area (Å²) in [6.07, 6.45) is -0.0744. The molecular weight excluding hydrogens is 303 g/mol. The van der Waals surface area contributed by atoms with Gasteiger partial charge in [0.15, 0.2) is 0 Å². The highest BCUT2D eigenvalue weighted by molar-refractivity contribution is 6.04. The van der Waals surface area contributed by atoms with Crippen molar-refractivity contribution in [1.82, 2.24) is 0 Å². The van der Waals surface area contributed by atoms with E-state index in [0.717, 1.165) is 31.4 Å². The number of rotatable bonds is 2. The van der Waals surface area contributed by atoms with Crippen LogP contribution >= 0.6 is 0 Å². The smallest absolute Gasteiger partial charge is 0.322 e. The first-order valence-corrected chi connectivity index (χ1v) is 7.54. The molecule has 0 radical (unpaired) electrons. The summed E-state index contributed by atoms with van der Waals surface area (Å²) in [4.78, 5) is 12.2. The lowest BCUT2D eigenvalue weighted by Gasteiger charge is -2.16. The van der Waals surface area contributed by atoms with Gasteiger partial charge in [0.05, 0.1) is 5.56 Å². The number of alkyl halides is 3. The minimum Gasteiger partial charge on any atom is -0.322 e. The second-order valence-corrected chi connectivity index (χ2v) is 5.72. The Labute approximate surface area is 132 Å². The zero-order valence-electron chi connectivity index (χ0n) is 12.4. The Morgan fingerprint density at radius 3 is 2.22 bits per heavy atom. The Hall–Kier alpha value is -2.30. The molecule has 0 atom stereocenters. The number of anilines is 1. The number of hydrogen-bond acceptors (Lipinski definition) is 1. The molecule has 0 unspecified atom stereocenters. The normalized spacial score (nSPS) is 14.2. The standard InChI is InChI=1S/C18H16F3NO/c19-18(20,21)15-7-9-16(10-8-15)22-17(23)14-6-5-12-3-1-2-4-13(12)11-14/h5-11H,1-4H2,(H,22,23). The molecule has 0 heterocycles.